The van der Waals surface area contributed by atoms with Crippen LogP contribution in [0.5, 0.6) is 0 Å². The molecule has 0 saturated carbocycles. The van der Waals surface area contributed by atoms with Crippen molar-refractivity contribution >= 4 is 34.6 Å². The summed E-state index contributed by atoms with van der Waals surface area (Å²) < 4.78 is 5.71. The molecule has 0 spiro atoms. The Kier molecular flexibility index (Phi) is 1.58. The topological polar surface area (TPSA) is 13.1 Å². The van der Waals surface area contributed by atoms with E-state index >= 15 is 0 Å². The number of fused-ring (bicyclic) bond motifs is 3. The molecule has 3 aromatic rings. The summed E-state index contributed by atoms with van der Waals surface area (Å²) in [5.41, 5.74) is 1.79. The van der Waals surface area contributed by atoms with E-state index in [2.05, 4.69) is 24.8 Å². The summed E-state index contributed by atoms with van der Waals surface area (Å²) in [6.07, 6.45) is 0. The summed E-state index contributed by atoms with van der Waals surface area (Å²) in [5.74, 6) is 0. The van der Waals surface area contributed by atoms with Crippen molar-refractivity contribution in [1.82, 2.24) is 0 Å². The van der Waals surface area contributed by atoms with Gasteiger partial charge in [-0.05, 0) is 12.1 Å². The molecule has 1 heterocycles. The number of benzene rings is 2. The molecule has 0 saturated heterocycles. The Morgan fingerprint density at radius 2 is 1.64 bits per heavy atom. The maximum absolute atomic E-state index is 5.71. The van der Waals surface area contributed by atoms with Crippen LogP contribution in [0.4, 0.5) is 0 Å². The van der Waals surface area contributed by atoms with E-state index in [9.17, 15) is 0 Å². The fraction of sp³-hybridized carbons (Fsp3) is 0. The van der Waals surface area contributed by atoms with E-state index in [-0.39, 0.29) is 0 Å². The van der Waals surface area contributed by atoms with Gasteiger partial charge in [-0.1, -0.05) is 30.3 Å². The Bertz CT molecular complexity index is 610. The van der Waals surface area contributed by atoms with E-state index in [4.69, 9.17) is 4.42 Å². The molecule has 0 N–H and O–H groups in total. The van der Waals surface area contributed by atoms with Crippen molar-refractivity contribution < 1.29 is 4.42 Å². The first-order valence-corrected chi connectivity index (χ1v) is 4.90. The van der Waals surface area contributed by atoms with Crippen molar-refractivity contribution in [3.8, 4) is 0 Å². The van der Waals surface area contributed by atoms with Crippen LogP contribution in [0.2, 0.25) is 0 Å². The molecular weight excluding hydrogens is 192 g/mol. The van der Waals surface area contributed by atoms with Crippen LogP contribution in [-0.2, 0) is 0 Å². The lowest BCUT2D eigenvalue weighted by molar-refractivity contribution is 0.660. The lowest BCUT2D eigenvalue weighted by atomic mass is 10.1. The van der Waals surface area contributed by atoms with E-state index < -0.39 is 0 Å². The first-order chi connectivity index (χ1) is 6.86. The first kappa shape index (κ1) is 7.94. The second kappa shape index (κ2) is 2.79. The Morgan fingerprint density at radius 3 is 2.57 bits per heavy atom. The molecular formula is C12H8OS. The van der Waals surface area contributed by atoms with Crippen molar-refractivity contribution in [3.63, 3.8) is 0 Å². The second-order valence-corrected chi connectivity index (χ2v) is 3.73. The molecule has 0 aliphatic carbocycles. The van der Waals surface area contributed by atoms with Gasteiger partial charge in [0.05, 0.1) is 0 Å². The van der Waals surface area contributed by atoms with E-state index in [0.717, 1.165) is 26.8 Å². The average molecular weight is 200 g/mol. The largest absolute Gasteiger partial charge is 0.455 e. The fourth-order valence-corrected chi connectivity index (χ4v) is 1.98. The molecule has 0 fully saturated rings. The minimum Gasteiger partial charge on any atom is -0.455 e. The van der Waals surface area contributed by atoms with Gasteiger partial charge < -0.3 is 4.42 Å². The molecule has 2 aromatic carbocycles. The molecule has 1 aromatic heterocycles. The van der Waals surface area contributed by atoms with Crippen LogP contribution in [-0.4, -0.2) is 0 Å². The van der Waals surface area contributed by atoms with Crippen molar-refractivity contribution in [1.29, 1.82) is 0 Å². The van der Waals surface area contributed by atoms with Gasteiger partial charge in [0.15, 0.2) is 0 Å². The van der Waals surface area contributed by atoms with Crippen molar-refractivity contribution in [2.75, 3.05) is 0 Å². The molecule has 0 aliphatic rings. The molecule has 0 unspecified atom stereocenters. The Balaban J connectivity index is 2.63. The number of para-hydroxylation sites is 2. The van der Waals surface area contributed by atoms with Crippen LogP contribution in [0, 0.1) is 0 Å². The van der Waals surface area contributed by atoms with E-state index in [1.165, 1.54) is 0 Å². The number of rotatable bonds is 0. The van der Waals surface area contributed by atoms with Gasteiger partial charge >= 0.3 is 0 Å². The average Bonchev–Trinajstić information content (AvgIpc) is 2.59. The molecule has 0 atom stereocenters. The van der Waals surface area contributed by atoms with Crippen LogP contribution in [0.1, 0.15) is 0 Å². The quantitative estimate of drug-likeness (QED) is 0.543. The summed E-state index contributed by atoms with van der Waals surface area (Å²) in [5, 5.41) is 2.28. The number of hydrogen-bond donors (Lipinski definition) is 1. The predicted octanol–water partition coefficient (Wildman–Crippen LogP) is 3.87. The zero-order valence-corrected chi connectivity index (χ0v) is 8.29. The SMILES string of the molecule is Sc1cccc2c1oc1ccccc12. The molecule has 0 amide bonds. The molecule has 68 valence electrons. The molecule has 0 bridgehead atoms. The van der Waals surface area contributed by atoms with E-state index in [1.54, 1.807) is 0 Å². The van der Waals surface area contributed by atoms with Gasteiger partial charge in [-0.3, -0.25) is 0 Å². The summed E-state index contributed by atoms with van der Waals surface area (Å²) in [6, 6.07) is 14.0. The van der Waals surface area contributed by atoms with Crippen molar-refractivity contribution in [2.45, 2.75) is 4.90 Å². The Hall–Kier alpha value is -1.41. The molecule has 1 nitrogen and oxygen atoms in total. The van der Waals surface area contributed by atoms with Crippen LogP contribution in [0.15, 0.2) is 51.8 Å². The molecule has 14 heavy (non-hydrogen) atoms. The van der Waals surface area contributed by atoms with E-state index in [0.29, 0.717) is 0 Å². The van der Waals surface area contributed by atoms with Gasteiger partial charge in [-0.25, -0.2) is 0 Å². The van der Waals surface area contributed by atoms with Gasteiger partial charge in [0.1, 0.15) is 11.2 Å². The smallest absolute Gasteiger partial charge is 0.148 e. The van der Waals surface area contributed by atoms with Crippen LogP contribution in [0.25, 0.3) is 21.9 Å². The minimum absolute atomic E-state index is 0.872. The monoisotopic (exact) mass is 200 g/mol. The van der Waals surface area contributed by atoms with Crippen LogP contribution < -0.4 is 0 Å². The summed E-state index contributed by atoms with van der Waals surface area (Å²) >= 11 is 4.37. The van der Waals surface area contributed by atoms with Gasteiger partial charge in [-0.2, -0.15) is 0 Å². The highest BCUT2D eigenvalue weighted by Gasteiger charge is 2.06. The number of thiol groups is 1. The predicted molar refractivity (Wildman–Crippen MR) is 61.0 cm³/mol. The lowest BCUT2D eigenvalue weighted by Crippen LogP contribution is -1.66. The third kappa shape index (κ3) is 0.976. The van der Waals surface area contributed by atoms with Gasteiger partial charge in [0.25, 0.3) is 0 Å². The second-order valence-electron chi connectivity index (χ2n) is 3.25. The lowest BCUT2D eigenvalue weighted by Gasteiger charge is -1.90. The van der Waals surface area contributed by atoms with Gasteiger partial charge in [0.2, 0.25) is 0 Å². The summed E-state index contributed by atoms with van der Waals surface area (Å²) in [4.78, 5) is 0.888. The normalized spacial score (nSPS) is 11.2. The van der Waals surface area contributed by atoms with Crippen molar-refractivity contribution in [2.24, 2.45) is 0 Å². The number of hydrogen-bond acceptors (Lipinski definition) is 2. The van der Waals surface area contributed by atoms with Crippen molar-refractivity contribution in [3.05, 3.63) is 42.5 Å². The fourth-order valence-electron chi connectivity index (χ4n) is 1.73. The zero-order chi connectivity index (χ0) is 9.54. The highest BCUT2D eigenvalue weighted by atomic mass is 32.1. The Labute approximate surface area is 86.7 Å². The van der Waals surface area contributed by atoms with Gasteiger partial charge in [0, 0.05) is 15.7 Å². The maximum Gasteiger partial charge on any atom is 0.148 e. The summed E-state index contributed by atoms with van der Waals surface area (Å²) in [6.45, 7) is 0. The van der Waals surface area contributed by atoms with Crippen LogP contribution in [0.3, 0.4) is 0 Å². The third-order valence-electron chi connectivity index (χ3n) is 2.38. The zero-order valence-electron chi connectivity index (χ0n) is 7.40. The third-order valence-corrected chi connectivity index (χ3v) is 2.74. The molecule has 3 rings (SSSR count). The highest BCUT2D eigenvalue weighted by Crippen LogP contribution is 2.31. The minimum atomic E-state index is 0.872. The van der Waals surface area contributed by atoms with Crippen LogP contribution >= 0.6 is 12.6 Å². The molecule has 2 heteroatoms. The highest BCUT2D eigenvalue weighted by molar-refractivity contribution is 7.80. The number of furan rings is 1. The standard InChI is InChI=1S/C12H8OS/c14-11-7-3-5-9-8-4-1-2-6-10(8)13-12(9)11/h1-7,14H. The Morgan fingerprint density at radius 1 is 0.857 bits per heavy atom. The first-order valence-electron chi connectivity index (χ1n) is 4.45. The van der Waals surface area contributed by atoms with E-state index in [1.807, 2.05) is 30.3 Å². The van der Waals surface area contributed by atoms with Gasteiger partial charge in [-0.15, -0.1) is 12.6 Å². The molecule has 0 aliphatic heterocycles. The maximum atomic E-state index is 5.71. The molecule has 0 radical (unpaired) electrons. The summed E-state index contributed by atoms with van der Waals surface area (Å²) in [7, 11) is 0.